The number of nitrogens with one attached hydrogen (secondary N) is 1. The predicted octanol–water partition coefficient (Wildman–Crippen LogP) is 5.15. The molecule has 0 aliphatic heterocycles. The first-order valence-electron chi connectivity index (χ1n) is 6.31. The van der Waals surface area contributed by atoms with Crippen LogP contribution in [0.1, 0.15) is 11.1 Å². The Kier molecular flexibility index (Phi) is 3.36. The number of anilines is 1. The van der Waals surface area contributed by atoms with Gasteiger partial charge in [0.15, 0.2) is 5.22 Å². The quantitative estimate of drug-likeness (QED) is 0.721. The molecule has 0 amide bonds. The molecule has 1 heterocycles. The van der Waals surface area contributed by atoms with Crippen LogP contribution < -0.4 is 5.32 Å². The minimum absolute atomic E-state index is 0.263. The van der Waals surface area contributed by atoms with Gasteiger partial charge in [-0.05, 0) is 42.3 Å². The molecule has 2 aromatic carbocycles. The molecule has 0 aliphatic carbocycles. The number of benzene rings is 2. The van der Waals surface area contributed by atoms with Crippen molar-refractivity contribution in [2.75, 3.05) is 5.32 Å². The normalized spacial score (nSPS) is 10.9. The van der Waals surface area contributed by atoms with Gasteiger partial charge in [-0.25, -0.2) is 4.39 Å². The van der Waals surface area contributed by atoms with Gasteiger partial charge in [0.05, 0.1) is 0 Å². The second-order valence-corrected chi connectivity index (χ2v) is 5.01. The highest BCUT2D eigenvalue weighted by molar-refractivity contribution is 6.30. The lowest BCUT2D eigenvalue weighted by atomic mass is 10.1. The largest absolute Gasteiger partial charge is 0.444 e. The summed E-state index contributed by atoms with van der Waals surface area (Å²) in [6.45, 7) is 2.41. The van der Waals surface area contributed by atoms with Gasteiger partial charge in [-0.3, -0.25) is 0 Å². The van der Waals surface area contributed by atoms with Gasteiger partial charge in [0, 0.05) is 23.2 Å². The standard InChI is InChI=1S/C16H13ClFNO/c1-10-6-7-11(18)8-14(10)19-9-13-12-4-2-3-5-15(12)20-16(13)17/h2-8,19H,9H2,1H3. The molecule has 0 unspecified atom stereocenters. The first-order valence-corrected chi connectivity index (χ1v) is 6.69. The Morgan fingerprint density at radius 2 is 2.00 bits per heavy atom. The molecule has 0 atom stereocenters. The zero-order valence-corrected chi connectivity index (χ0v) is 11.7. The average Bonchev–Trinajstić information content (AvgIpc) is 2.75. The Balaban J connectivity index is 1.90. The lowest BCUT2D eigenvalue weighted by Gasteiger charge is -2.09. The number of para-hydroxylation sites is 1. The Labute approximate surface area is 121 Å². The van der Waals surface area contributed by atoms with Crippen molar-refractivity contribution in [3.8, 4) is 0 Å². The predicted molar refractivity (Wildman–Crippen MR) is 79.7 cm³/mol. The van der Waals surface area contributed by atoms with Gasteiger partial charge in [-0.15, -0.1) is 0 Å². The molecule has 20 heavy (non-hydrogen) atoms. The van der Waals surface area contributed by atoms with E-state index in [1.165, 1.54) is 12.1 Å². The van der Waals surface area contributed by atoms with Gasteiger partial charge in [0.25, 0.3) is 0 Å². The van der Waals surface area contributed by atoms with E-state index >= 15 is 0 Å². The summed E-state index contributed by atoms with van der Waals surface area (Å²) >= 11 is 6.12. The first-order chi connectivity index (χ1) is 9.65. The molecule has 4 heteroatoms. The van der Waals surface area contributed by atoms with Gasteiger partial charge >= 0.3 is 0 Å². The van der Waals surface area contributed by atoms with E-state index in [1.54, 1.807) is 6.07 Å². The Morgan fingerprint density at radius 3 is 2.85 bits per heavy atom. The zero-order valence-electron chi connectivity index (χ0n) is 10.9. The van der Waals surface area contributed by atoms with E-state index in [2.05, 4.69) is 5.32 Å². The van der Waals surface area contributed by atoms with Crippen LogP contribution in [0.15, 0.2) is 46.9 Å². The highest BCUT2D eigenvalue weighted by Gasteiger charge is 2.12. The average molecular weight is 290 g/mol. The van der Waals surface area contributed by atoms with Crippen LogP contribution in [-0.2, 0) is 6.54 Å². The van der Waals surface area contributed by atoms with Crippen LogP contribution in [0.25, 0.3) is 11.0 Å². The maximum atomic E-state index is 13.3. The monoisotopic (exact) mass is 289 g/mol. The van der Waals surface area contributed by atoms with Crippen molar-refractivity contribution < 1.29 is 8.81 Å². The van der Waals surface area contributed by atoms with Crippen LogP contribution in [-0.4, -0.2) is 0 Å². The molecule has 2 nitrogen and oxygen atoms in total. The van der Waals surface area contributed by atoms with E-state index in [0.717, 1.165) is 27.8 Å². The van der Waals surface area contributed by atoms with Gasteiger partial charge in [0.2, 0.25) is 0 Å². The summed E-state index contributed by atoms with van der Waals surface area (Å²) in [6, 6.07) is 12.3. The molecule has 1 N–H and O–H groups in total. The van der Waals surface area contributed by atoms with Gasteiger partial charge in [-0.1, -0.05) is 24.3 Å². The number of aryl methyl sites for hydroxylation is 1. The smallest absolute Gasteiger partial charge is 0.199 e. The highest BCUT2D eigenvalue weighted by atomic mass is 35.5. The number of halogens is 2. The minimum Gasteiger partial charge on any atom is -0.444 e. The second kappa shape index (κ2) is 5.17. The molecule has 102 valence electrons. The van der Waals surface area contributed by atoms with Crippen molar-refractivity contribution >= 4 is 28.3 Å². The van der Waals surface area contributed by atoms with E-state index in [4.69, 9.17) is 16.0 Å². The van der Waals surface area contributed by atoms with Gasteiger partial charge < -0.3 is 9.73 Å². The molecule has 0 fully saturated rings. The van der Waals surface area contributed by atoms with Crippen molar-refractivity contribution in [2.24, 2.45) is 0 Å². The lowest BCUT2D eigenvalue weighted by molar-refractivity contribution is 0.613. The van der Waals surface area contributed by atoms with Crippen LogP contribution in [0.2, 0.25) is 5.22 Å². The highest BCUT2D eigenvalue weighted by Crippen LogP contribution is 2.30. The molecule has 0 spiro atoms. The summed E-state index contributed by atoms with van der Waals surface area (Å²) < 4.78 is 18.8. The summed E-state index contributed by atoms with van der Waals surface area (Å²) in [5.74, 6) is -0.263. The SMILES string of the molecule is Cc1ccc(F)cc1NCc1c(Cl)oc2ccccc12. The maximum Gasteiger partial charge on any atom is 0.199 e. The number of rotatable bonds is 3. The van der Waals surface area contributed by atoms with Crippen LogP contribution in [0, 0.1) is 12.7 Å². The minimum atomic E-state index is -0.263. The molecule has 0 bridgehead atoms. The number of hydrogen-bond acceptors (Lipinski definition) is 2. The van der Waals surface area contributed by atoms with E-state index in [9.17, 15) is 4.39 Å². The van der Waals surface area contributed by atoms with Crippen molar-refractivity contribution in [1.29, 1.82) is 0 Å². The fraction of sp³-hybridized carbons (Fsp3) is 0.125. The molecule has 0 saturated heterocycles. The summed E-state index contributed by atoms with van der Waals surface area (Å²) in [7, 11) is 0. The molecule has 1 aromatic heterocycles. The Morgan fingerprint density at radius 1 is 1.20 bits per heavy atom. The van der Waals surface area contributed by atoms with Crippen molar-refractivity contribution in [3.05, 3.63) is 64.6 Å². The van der Waals surface area contributed by atoms with Crippen LogP contribution in [0.4, 0.5) is 10.1 Å². The molecule has 0 radical (unpaired) electrons. The number of furan rings is 1. The molecule has 3 rings (SSSR count). The Hall–Kier alpha value is -2.00. The fourth-order valence-corrected chi connectivity index (χ4v) is 2.45. The third-order valence-corrected chi connectivity index (χ3v) is 3.61. The topological polar surface area (TPSA) is 25.2 Å². The molecular weight excluding hydrogens is 277 g/mol. The lowest BCUT2D eigenvalue weighted by Crippen LogP contribution is -2.01. The van der Waals surface area contributed by atoms with Crippen molar-refractivity contribution in [2.45, 2.75) is 13.5 Å². The summed E-state index contributed by atoms with van der Waals surface area (Å²) in [6.07, 6.45) is 0. The van der Waals surface area contributed by atoms with Crippen molar-refractivity contribution in [3.63, 3.8) is 0 Å². The summed E-state index contributed by atoms with van der Waals surface area (Å²) in [5, 5.41) is 4.54. The van der Waals surface area contributed by atoms with Crippen LogP contribution >= 0.6 is 11.6 Å². The molecule has 3 aromatic rings. The van der Waals surface area contributed by atoms with Crippen molar-refractivity contribution in [1.82, 2.24) is 0 Å². The second-order valence-electron chi connectivity index (χ2n) is 4.66. The van der Waals surface area contributed by atoms with E-state index in [1.807, 2.05) is 31.2 Å². The van der Waals surface area contributed by atoms with E-state index < -0.39 is 0 Å². The number of hydrogen-bond donors (Lipinski definition) is 1. The van der Waals surface area contributed by atoms with Crippen LogP contribution in [0.5, 0.6) is 0 Å². The number of fused-ring (bicyclic) bond motifs is 1. The third kappa shape index (κ3) is 2.37. The van der Waals surface area contributed by atoms with E-state index in [-0.39, 0.29) is 5.82 Å². The molecule has 0 aliphatic rings. The summed E-state index contributed by atoms with van der Waals surface area (Å²) in [5.41, 5.74) is 3.37. The summed E-state index contributed by atoms with van der Waals surface area (Å²) in [4.78, 5) is 0. The zero-order chi connectivity index (χ0) is 14.1. The van der Waals surface area contributed by atoms with Gasteiger partial charge in [0.1, 0.15) is 11.4 Å². The Bertz CT molecular complexity index is 766. The molecular formula is C16H13ClFNO. The fourth-order valence-electron chi connectivity index (χ4n) is 2.20. The first kappa shape index (κ1) is 13.0. The third-order valence-electron chi connectivity index (χ3n) is 3.30. The van der Waals surface area contributed by atoms with Crippen LogP contribution in [0.3, 0.4) is 0 Å². The van der Waals surface area contributed by atoms with Gasteiger partial charge in [-0.2, -0.15) is 0 Å². The maximum absolute atomic E-state index is 13.3. The van der Waals surface area contributed by atoms with E-state index in [0.29, 0.717) is 11.8 Å². The molecule has 0 saturated carbocycles.